The van der Waals surface area contributed by atoms with E-state index in [4.69, 9.17) is 17.2 Å². The van der Waals surface area contributed by atoms with Crippen LogP contribution in [0.25, 0.3) is 10.8 Å². The van der Waals surface area contributed by atoms with Crippen molar-refractivity contribution in [3.63, 3.8) is 0 Å². The maximum atomic E-state index is 11.6. The van der Waals surface area contributed by atoms with Gasteiger partial charge in [-0.2, -0.15) is 0 Å². The molecule has 0 fully saturated rings. The summed E-state index contributed by atoms with van der Waals surface area (Å²) >= 11 is 0. The van der Waals surface area contributed by atoms with Crippen molar-refractivity contribution >= 4 is 27.8 Å². The Bertz CT molecular complexity index is 462. The van der Waals surface area contributed by atoms with E-state index in [1.807, 2.05) is 0 Å². The molecular formula is C10H10N3O. The Morgan fingerprint density at radius 1 is 0.786 bits per heavy atom. The van der Waals surface area contributed by atoms with Gasteiger partial charge in [-0.05, 0) is 0 Å². The SMILES string of the molecule is Nc1c(N)c([O])c2ccccc2c1N. The van der Waals surface area contributed by atoms with Gasteiger partial charge in [0.25, 0.3) is 0 Å². The molecule has 0 heterocycles. The van der Waals surface area contributed by atoms with Crippen molar-refractivity contribution in [2.24, 2.45) is 0 Å². The van der Waals surface area contributed by atoms with Crippen LogP contribution in [-0.4, -0.2) is 0 Å². The van der Waals surface area contributed by atoms with Crippen molar-refractivity contribution in [1.82, 2.24) is 0 Å². The van der Waals surface area contributed by atoms with Crippen LogP contribution in [0, 0.1) is 0 Å². The van der Waals surface area contributed by atoms with Gasteiger partial charge in [-0.25, -0.2) is 0 Å². The average Bonchev–Trinajstić information content (AvgIpc) is 2.23. The lowest BCUT2D eigenvalue weighted by molar-refractivity contribution is 0.363. The van der Waals surface area contributed by atoms with Crippen molar-refractivity contribution in [2.45, 2.75) is 0 Å². The lowest BCUT2D eigenvalue weighted by Crippen LogP contribution is -2.01. The number of nitrogens with two attached hydrogens (primary N) is 3. The lowest BCUT2D eigenvalue weighted by Gasteiger charge is -2.09. The molecule has 0 saturated heterocycles. The van der Waals surface area contributed by atoms with E-state index in [2.05, 4.69) is 0 Å². The Kier molecular flexibility index (Phi) is 1.64. The van der Waals surface area contributed by atoms with E-state index in [1.165, 1.54) is 0 Å². The second-order valence-corrected chi connectivity index (χ2v) is 3.12. The molecule has 1 radical (unpaired) electrons. The van der Waals surface area contributed by atoms with Crippen LogP contribution >= 0.6 is 0 Å². The molecule has 2 aromatic carbocycles. The third-order valence-electron chi connectivity index (χ3n) is 2.29. The average molecular weight is 188 g/mol. The van der Waals surface area contributed by atoms with Crippen LogP contribution in [-0.2, 0) is 5.11 Å². The van der Waals surface area contributed by atoms with Crippen LogP contribution in [0.2, 0.25) is 0 Å². The molecule has 6 N–H and O–H groups in total. The van der Waals surface area contributed by atoms with Crippen LogP contribution in [0.15, 0.2) is 24.3 Å². The summed E-state index contributed by atoms with van der Waals surface area (Å²) in [6.45, 7) is 0. The summed E-state index contributed by atoms with van der Waals surface area (Å²) < 4.78 is 0. The van der Waals surface area contributed by atoms with Crippen molar-refractivity contribution in [2.75, 3.05) is 17.2 Å². The molecule has 0 aliphatic heterocycles. The quantitative estimate of drug-likeness (QED) is 0.549. The Morgan fingerprint density at radius 2 is 1.36 bits per heavy atom. The number of benzene rings is 2. The topological polar surface area (TPSA) is 98.0 Å². The molecule has 71 valence electrons. The largest absolute Gasteiger partial charge is 0.396 e. The zero-order chi connectivity index (χ0) is 10.3. The Balaban J connectivity index is 3.02. The summed E-state index contributed by atoms with van der Waals surface area (Å²) in [5.41, 5.74) is 17.5. The number of nitrogen functional groups attached to an aromatic ring is 3. The molecule has 0 amide bonds. The van der Waals surface area contributed by atoms with Crippen molar-refractivity contribution in [3.8, 4) is 5.75 Å². The highest BCUT2D eigenvalue weighted by atomic mass is 16.3. The van der Waals surface area contributed by atoms with Crippen LogP contribution in [0.3, 0.4) is 0 Å². The van der Waals surface area contributed by atoms with Gasteiger partial charge in [-0.1, -0.05) is 24.3 Å². The van der Waals surface area contributed by atoms with Crippen LogP contribution in [0.1, 0.15) is 0 Å². The maximum absolute atomic E-state index is 11.6. The normalized spacial score (nSPS) is 10.6. The van der Waals surface area contributed by atoms with E-state index in [0.717, 1.165) is 0 Å². The summed E-state index contributed by atoms with van der Waals surface area (Å²) in [6, 6.07) is 7.00. The summed E-state index contributed by atoms with van der Waals surface area (Å²) in [7, 11) is 0. The first-order valence-corrected chi connectivity index (χ1v) is 4.15. The fourth-order valence-electron chi connectivity index (χ4n) is 1.47. The van der Waals surface area contributed by atoms with Gasteiger partial charge in [-0.3, -0.25) is 5.11 Å². The minimum absolute atomic E-state index is 0.0289. The van der Waals surface area contributed by atoms with Crippen LogP contribution in [0.4, 0.5) is 17.1 Å². The van der Waals surface area contributed by atoms with Crippen LogP contribution < -0.4 is 17.2 Å². The molecule has 4 nitrogen and oxygen atoms in total. The van der Waals surface area contributed by atoms with Crippen molar-refractivity contribution < 1.29 is 5.11 Å². The maximum Gasteiger partial charge on any atom is 0.211 e. The van der Waals surface area contributed by atoms with Gasteiger partial charge >= 0.3 is 0 Å². The van der Waals surface area contributed by atoms with E-state index < -0.39 is 0 Å². The second-order valence-electron chi connectivity index (χ2n) is 3.12. The molecule has 2 aromatic rings. The summed E-state index contributed by atoms with van der Waals surface area (Å²) in [6.07, 6.45) is 0. The number of anilines is 3. The minimum Gasteiger partial charge on any atom is -0.396 e. The molecule has 4 heteroatoms. The molecule has 0 saturated carbocycles. The number of rotatable bonds is 0. The van der Waals surface area contributed by atoms with Gasteiger partial charge in [0, 0.05) is 10.8 Å². The van der Waals surface area contributed by atoms with Gasteiger partial charge in [0.2, 0.25) is 5.75 Å². The van der Waals surface area contributed by atoms with Crippen molar-refractivity contribution in [3.05, 3.63) is 24.3 Å². The molecule has 14 heavy (non-hydrogen) atoms. The number of hydrogen-bond donors (Lipinski definition) is 3. The zero-order valence-corrected chi connectivity index (χ0v) is 7.45. The predicted octanol–water partition coefficient (Wildman–Crippen LogP) is 1.73. The highest BCUT2D eigenvalue weighted by molar-refractivity contribution is 6.07. The van der Waals surface area contributed by atoms with Gasteiger partial charge in [0.1, 0.15) is 5.69 Å². The Morgan fingerprint density at radius 3 is 2.00 bits per heavy atom. The van der Waals surface area contributed by atoms with Crippen LogP contribution in [0.5, 0.6) is 5.75 Å². The van der Waals surface area contributed by atoms with Gasteiger partial charge < -0.3 is 17.2 Å². The molecular weight excluding hydrogens is 178 g/mol. The molecule has 0 aromatic heterocycles. The number of hydrogen-bond acceptors (Lipinski definition) is 3. The van der Waals surface area contributed by atoms with E-state index >= 15 is 0 Å². The van der Waals surface area contributed by atoms with Gasteiger partial charge in [0.15, 0.2) is 0 Å². The monoisotopic (exact) mass is 188 g/mol. The highest BCUT2D eigenvalue weighted by Gasteiger charge is 2.13. The molecule has 0 spiro atoms. The molecule has 0 bridgehead atoms. The Hall–Kier alpha value is -2.10. The van der Waals surface area contributed by atoms with Crippen molar-refractivity contribution in [1.29, 1.82) is 0 Å². The first-order valence-electron chi connectivity index (χ1n) is 4.15. The van der Waals surface area contributed by atoms with E-state index in [-0.39, 0.29) is 17.1 Å². The smallest absolute Gasteiger partial charge is 0.211 e. The molecule has 2 rings (SSSR count). The third-order valence-corrected chi connectivity index (χ3v) is 2.29. The highest BCUT2D eigenvalue weighted by Crippen LogP contribution is 2.40. The zero-order valence-electron chi connectivity index (χ0n) is 7.45. The summed E-state index contributed by atoms with van der Waals surface area (Å²) in [5, 5.41) is 12.8. The summed E-state index contributed by atoms with van der Waals surface area (Å²) in [5.74, 6) is -0.257. The molecule has 0 aliphatic carbocycles. The van der Waals surface area contributed by atoms with E-state index in [0.29, 0.717) is 16.5 Å². The molecule has 0 unspecified atom stereocenters. The minimum atomic E-state index is -0.257. The lowest BCUT2D eigenvalue weighted by atomic mass is 10.0. The summed E-state index contributed by atoms with van der Waals surface area (Å²) in [4.78, 5) is 0. The van der Waals surface area contributed by atoms with Gasteiger partial charge in [0.05, 0.1) is 11.4 Å². The number of fused-ring (bicyclic) bond motifs is 1. The molecule has 0 aliphatic rings. The third kappa shape index (κ3) is 0.939. The molecule has 0 atom stereocenters. The van der Waals surface area contributed by atoms with E-state index in [1.54, 1.807) is 24.3 Å². The first kappa shape index (κ1) is 8.50. The first-order chi connectivity index (χ1) is 6.63. The fraction of sp³-hybridized carbons (Fsp3) is 0. The predicted molar refractivity (Wildman–Crippen MR) is 57.3 cm³/mol. The fourth-order valence-corrected chi connectivity index (χ4v) is 1.47. The van der Waals surface area contributed by atoms with Gasteiger partial charge in [-0.15, -0.1) is 0 Å². The standard InChI is InChI=1S/C10H10N3O/c11-7-5-3-1-2-4-6(5)10(14)9(13)8(7)12/h1-4H,11-13H2. The van der Waals surface area contributed by atoms with E-state index in [9.17, 15) is 5.11 Å². The Labute approximate surface area is 80.9 Å². The second kappa shape index (κ2) is 2.70.